The number of hydrogen-bond acceptors (Lipinski definition) is 6. The van der Waals surface area contributed by atoms with Gasteiger partial charge in [0.2, 0.25) is 0 Å². The first kappa shape index (κ1) is 23.0. The summed E-state index contributed by atoms with van der Waals surface area (Å²) in [5, 5.41) is 10.2. The van der Waals surface area contributed by atoms with Gasteiger partial charge in [-0.1, -0.05) is 12.1 Å². The van der Waals surface area contributed by atoms with Crippen LogP contribution in [0, 0.1) is 6.92 Å². The van der Waals surface area contributed by atoms with Crippen LogP contribution in [0.15, 0.2) is 67.6 Å². The molecule has 172 valence electrons. The molecule has 0 aliphatic carbocycles. The predicted molar refractivity (Wildman–Crippen MR) is 120 cm³/mol. The number of thioether (sulfide) groups is 1. The summed E-state index contributed by atoms with van der Waals surface area (Å²) < 4.78 is 50.6. The molecular weight excluding hydrogens is 455 g/mol. The van der Waals surface area contributed by atoms with E-state index in [1.807, 2.05) is 31.2 Å². The zero-order chi connectivity index (χ0) is 23.8. The minimum absolute atomic E-state index is 0.0811. The van der Waals surface area contributed by atoms with Crippen molar-refractivity contribution in [1.29, 1.82) is 0 Å². The topological polar surface area (TPSA) is 72.0 Å². The lowest BCUT2D eigenvalue weighted by Gasteiger charge is -2.17. The van der Waals surface area contributed by atoms with Gasteiger partial charge in [-0.2, -0.15) is 13.2 Å². The number of benzene rings is 2. The highest BCUT2D eigenvalue weighted by molar-refractivity contribution is 7.99. The molecule has 2 aromatic carbocycles. The molecule has 0 fully saturated rings. The molecule has 9 heteroatoms. The molecule has 0 spiro atoms. The van der Waals surface area contributed by atoms with Gasteiger partial charge in [0.05, 0.1) is 23.6 Å². The molecule has 0 radical (unpaired) electrons. The molecule has 3 aromatic rings. The summed E-state index contributed by atoms with van der Waals surface area (Å²) in [5.41, 5.74) is -0.674. The van der Waals surface area contributed by atoms with Gasteiger partial charge in [-0.05, 0) is 49.7 Å². The highest BCUT2D eigenvalue weighted by atomic mass is 32.2. The van der Waals surface area contributed by atoms with Crippen molar-refractivity contribution in [2.75, 3.05) is 6.61 Å². The van der Waals surface area contributed by atoms with Crippen LogP contribution < -0.4 is 10.4 Å². The van der Waals surface area contributed by atoms with Gasteiger partial charge < -0.3 is 14.3 Å². The van der Waals surface area contributed by atoms with E-state index < -0.39 is 17.4 Å². The number of ether oxygens (including phenoxy) is 1. The number of halogens is 3. The molecular formula is C24H20F3NO4S. The average molecular weight is 475 g/mol. The highest BCUT2D eigenvalue weighted by Gasteiger charge is 2.33. The predicted octanol–water partition coefficient (Wildman–Crippen LogP) is 6.43. The Morgan fingerprint density at radius 3 is 2.55 bits per heavy atom. The Morgan fingerprint density at radius 1 is 1.18 bits per heavy atom. The van der Waals surface area contributed by atoms with Crippen LogP contribution in [-0.2, 0) is 6.18 Å². The number of rotatable bonds is 4. The fraction of sp³-hybridized carbons (Fsp3) is 0.250. The summed E-state index contributed by atoms with van der Waals surface area (Å²) in [5.74, 6) is 0.585. The molecule has 0 amide bonds. The third kappa shape index (κ3) is 4.93. The van der Waals surface area contributed by atoms with Gasteiger partial charge in [-0.25, -0.2) is 4.79 Å². The van der Waals surface area contributed by atoms with E-state index in [4.69, 9.17) is 9.15 Å². The first-order valence-electron chi connectivity index (χ1n) is 10.2. The van der Waals surface area contributed by atoms with Crippen LogP contribution in [0.4, 0.5) is 18.9 Å². The number of aryl methyl sites for hydroxylation is 1. The van der Waals surface area contributed by atoms with E-state index in [1.54, 1.807) is 0 Å². The third-order valence-electron chi connectivity index (χ3n) is 5.10. The van der Waals surface area contributed by atoms with E-state index in [-0.39, 0.29) is 40.1 Å². The van der Waals surface area contributed by atoms with Crippen molar-refractivity contribution >= 4 is 23.2 Å². The van der Waals surface area contributed by atoms with Gasteiger partial charge in [-0.15, -0.1) is 11.8 Å². The lowest BCUT2D eigenvalue weighted by molar-refractivity contribution is -0.137. The SMILES string of the molecule is CCOc1ccc(C2CC(c3c(O)cc(C)oc3=O)=Nc3cc(C(F)(F)F)ccc3S2)cc1. The van der Waals surface area contributed by atoms with Crippen LogP contribution in [0.2, 0.25) is 0 Å². The first-order chi connectivity index (χ1) is 15.7. The number of aromatic hydroxyl groups is 1. The van der Waals surface area contributed by atoms with Crippen molar-refractivity contribution in [3.63, 3.8) is 0 Å². The van der Waals surface area contributed by atoms with E-state index in [2.05, 4.69) is 4.99 Å². The van der Waals surface area contributed by atoms with Crippen molar-refractivity contribution in [2.45, 2.75) is 36.6 Å². The van der Waals surface area contributed by atoms with Crippen molar-refractivity contribution in [2.24, 2.45) is 4.99 Å². The Hall–Kier alpha value is -3.20. The summed E-state index contributed by atoms with van der Waals surface area (Å²) in [6, 6.07) is 12.0. The standard InChI is InChI=1S/C24H20F3NO4S/c1-3-31-16-7-4-14(5-8-16)21-12-18(22-19(29)10-13(2)32-23(22)30)28-17-11-15(24(25,26)27)6-9-20(17)33-21/h4-11,21,29H,3,12H2,1-2H3. The maximum absolute atomic E-state index is 13.3. The molecule has 0 bridgehead atoms. The van der Waals surface area contributed by atoms with E-state index in [0.29, 0.717) is 17.3 Å². The molecule has 0 saturated carbocycles. The fourth-order valence-electron chi connectivity index (χ4n) is 3.59. The summed E-state index contributed by atoms with van der Waals surface area (Å²) in [6.45, 7) is 3.92. The Morgan fingerprint density at radius 2 is 1.91 bits per heavy atom. The number of hydrogen-bond donors (Lipinski definition) is 1. The molecule has 1 N–H and O–H groups in total. The lowest BCUT2D eigenvalue weighted by Crippen LogP contribution is -2.17. The zero-order valence-electron chi connectivity index (χ0n) is 17.8. The smallest absolute Gasteiger partial charge is 0.416 e. The second-order valence-electron chi connectivity index (χ2n) is 7.46. The highest BCUT2D eigenvalue weighted by Crippen LogP contribution is 2.47. The molecule has 0 saturated heterocycles. The Labute approximate surface area is 191 Å². The van der Waals surface area contributed by atoms with Crippen molar-refractivity contribution in [3.8, 4) is 11.5 Å². The maximum atomic E-state index is 13.3. The average Bonchev–Trinajstić information content (AvgIpc) is 2.92. The molecule has 5 nitrogen and oxygen atoms in total. The molecule has 1 aromatic heterocycles. The number of nitrogens with zero attached hydrogens (tertiary/aromatic N) is 1. The second kappa shape index (κ2) is 8.97. The van der Waals surface area contributed by atoms with E-state index in [1.165, 1.54) is 30.8 Å². The van der Waals surface area contributed by atoms with E-state index in [0.717, 1.165) is 17.7 Å². The van der Waals surface area contributed by atoms with Gasteiger partial charge in [0.15, 0.2) is 0 Å². The number of fused-ring (bicyclic) bond motifs is 1. The third-order valence-corrected chi connectivity index (χ3v) is 6.42. The van der Waals surface area contributed by atoms with Gasteiger partial charge >= 0.3 is 11.8 Å². The molecule has 1 atom stereocenters. The minimum Gasteiger partial charge on any atom is -0.507 e. The fourth-order valence-corrected chi connectivity index (χ4v) is 4.81. The molecule has 1 aliphatic heterocycles. The molecule has 1 aliphatic rings. The first-order valence-corrected chi connectivity index (χ1v) is 11.1. The Bertz CT molecular complexity index is 1270. The van der Waals surface area contributed by atoms with Crippen molar-refractivity contribution < 1.29 is 27.4 Å². The summed E-state index contributed by atoms with van der Waals surface area (Å²) in [7, 11) is 0. The Kier molecular flexibility index (Phi) is 6.25. The summed E-state index contributed by atoms with van der Waals surface area (Å²) in [6.07, 6.45) is -4.35. The number of alkyl halides is 3. The van der Waals surface area contributed by atoms with Gasteiger partial charge in [-0.3, -0.25) is 4.99 Å². The van der Waals surface area contributed by atoms with Crippen LogP contribution in [-0.4, -0.2) is 17.4 Å². The van der Waals surface area contributed by atoms with Gasteiger partial charge in [0.1, 0.15) is 22.8 Å². The van der Waals surface area contributed by atoms with Crippen molar-refractivity contribution in [3.05, 3.63) is 81.4 Å². The number of aliphatic imine (C=N–C) groups is 1. The molecule has 4 rings (SSSR count). The molecule has 33 heavy (non-hydrogen) atoms. The van der Waals surface area contributed by atoms with Gasteiger partial charge in [0.25, 0.3) is 0 Å². The van der Waals surface area contributed by atoms with Crippen molar-refractivity contribution in [1.82, 2.24) is 0 Å². The largest absolute Gasteiger partial charge is 0.507 e. The molecule has 2 heterocycles. The van der Waals surface area contributed by atoms with E-state index in [9.17, 15) is 23.1 Å². The van der Waals surface area contributed by atoms with Crippen LogP contribution in [0.5, 0.6) is 11.5 Å². The quantitative estimate of drug-likeness (QED) is 0.471. The Balaban J connectivity index is 1.85. The molecule has 1 unspecified atom stereocenters. The van der Waals surface area contributed by atoms with Gasteiger partial charge in [0, 0.05) is 22.6 Å². The normalized spacial score (nSPS) is 16.0. The van der Waals surface area contributed by atoms with Crippen LogP contribution >= 0.6 is 11.8 Å². The summed E-state index contributed by atoms with van der Waals surface area (Å²) in [4.78, 5) is 17.5. The maximum Gasteiger partial charge on any atom is 0.416 e. The van der Waals surface area contributed by atoms with Crippen LogP contribution in [0.1, 0.15) is 41.0 Å². The monoisotopic (exact) mass is 475 g/mol. The summed E-state index contributed by atoms with van der Waals surface area (Å²) >= 11 is 1.35. The second-order valence-corrected chi connectivity index (χ2v) is 8.70. The van der Waals surface area contributed by atoms with Crippen LogP contribution in [0.3, 0.4) is 0 Å². The zero-order valence-corrected chi connectivity index (χ0v) is 18.6. The lowest BCUT2D eigenvalue weighted by atomic mass is 10.0. The van der Waals surface area contributed by atoms with E-state index >= 15 is 0 Å². The minimum atomic E-state index is -4.54. The van der Waals surface area contributed by atoms with Crippen LogP contribution in [0.25, 0.3) is 0 Å².